The maximum atomic E-state index is 12.1. The molecule has 2 aromatic carbocycles. The van der Waals surface area contributed by atoms with Crippen LogP contribution < -0.4 is 14.8 Å². The zero-order valence-corrected chi connectivity index (χ0v) is 15.2. The molecule has 0 saturated carbocycles. The minimum absolute atomic E-state index is 0.167. The molecule has 1 atom stereocenters. The number of methoxy groups -OCH3 is 2. The number of ether oxygens (including phenoxy) is 3. The standard InChI is InChI=1S/C20H23NO5/c1-14(20(23)21-16-9-11-17(24-2)12-10-16)26-19(22)13-8-15-6-4-5-7-18(15)25-3/h4-7,9-12,14H,8,13H2,1-3H3,(H,21,23). The van der Waals surface area contributed by atoms with E-state index in [-0.39, 0.29) is 12.3 Å². The molecule has 138 valence electrons. The van der Waals surface area contributed by atoms with Gasteiger partial charge in [0.25, 0.3) is 5.91 Å². The monoisotopic (exact) mass is 357 g/mol. The Labute approximate surface area is 153 Å². The van der Waals surface area contributed by atoms with Crippen molar-refractivity contribution in [2.45, 2.75) is 25.9 Å². The van der Waals surface area contributed by atoms with E-state index in [1.807, 2.05) is 24.3 Å². The van der Waals surface area contributed by atoms with Gasteiger partial charge in [0.2, 0.25) is 0 Å². The summed E-state index contributed by atoms with van der Waals surface area (Å²) in [7, 11) is 3.16. The Kier molecular flexibility index (Phi) is 7.02. The number of amides is 1. The van der Waals surface area contributed by atoms with Crippen LogP contribution in [0.5, 0.6) is 11.5 Å². The summed E-state index contributed by atoms with van der Waals surface area (Å²) < 4.78 is 15.5. The number of para-hydroxylation sites is 1. The van der Waals surface area contributed by atoms with Crippen molar-refractivity contribution in [1.82, 2.24) is 0 Å². The molecular weight excluding hydrogens is 334 g/mol. The summed E-state index contributed by atoms with van der Waals surface area (Å²) in [6.45, 7) is 1.54. The Balaban J connectivity index is 1.82. The Morgan fingerprint density at radius 2 is 1.69 bits per heavy atom. The van der Waals surface area contributed by atoms with Crippen LogP contribution in [0.4, 0.5) is 5.69 Å². The number of carbonyl (C=O) groups excluding carboxylic acids is 2. The van der Waals surface area contributed by atoms with E-state index in [0.29, 0.717) is 17.9 Å². The van der Waals surface area contributed by atoms with E-state index < -0.39 is 12.1 Å². The molecule has 26 heavy (non-hydrogen) atoms. The van der Waals surface area contributed by atoms with Gasteiger partial charge in [-0.15, -0.1) is 0 Å². The molecule has 0 spiro atoms. The number of esters is 1. The van der Waals surface area contributed by atoms with E-state index in [1.54, 1.807) is 45.4 Å². The van der Waals surface area contributed by atoms with Gasteiger partial charge in [0, 0.05) is 12.1 Å². The first kappa shape index (κ1) is 19.3. The molecule has 6 nitrogen and oxygen atoms in total. The molecule has 0 saturated heterocycles. The van der Waals surface area contributed by atoms with Gasteiger partial charge in [-0.05, 0) is 49.2 Å². The van der Waals surface area contributed by atoms with Crippen LogP contribution in [0.25, 0.3) is 0 Å². The summed E-state index contributed by atoms with van der Waals surface area (Å²) in [4.78, 5) is 24.1. The van der Waals surface area contributed by atoms with E-state index in [0.717, 1.165) is 11.3 Å². The third-order valence-corrected chi connectivity index (χ3v) is 3.83. The summed E-state index contributed by atoms with van der Waals surface area (Å²) >= 11 is 0. The molecule has 0 heterocycles. The van der Waals surface area contributed by atoms with Gasteiger partial charge in [0.05, 0.1) is 14.2 Å². The van der Waals surface area contributed by atoms with E-state index in [2.05, 4.69) is 5.32 Å². The number of anilines is 1. The Hall–Kier alpha value is -3.02. The largest absolute Gasteiger partial charge is 0.497 e. The third kappa shape index (κ3) is 5.51. The molecule has 0 aliphatic heterocycles. The highest BCUT2D eigenvalue weighted by molar-refractivity contribution is 5.95. The van der Waals surface area contributed by atoms with Gasteiger partial charge in [-0.3, -0.25) is 9.59 Å². The number of hydrogen-bond acceptors (Lipinski definition) is 5. The van der Waals surface area contributed by atoms with Crippen LogP contribution in [0.15, 0.2) is 48.5 Å². The zero-order chi connectivity index (χ0) is 18.9. The number of aryl methyl sites for hydroxylation is 1. The van der Waals surface area contributed by atoms with Crippen LogP contribution in [-0.4, -0.2) is 32.2 Å². The number of hydrogen-bond donors (Lipinski definition) is 1. The normalized spacial score (nSPS) is 11.3. The fourth-order valence-corrected chi connectivity index (χ4v) is 2.37. The maximum Gasteiger partial charge on any atom is 0.306 e. The summed E-state index contributed by atoms with van der Waals surface area (Å²) in [5.41, 5.74) is 1.52. The number of nitrogens with one attached hydrogen (secondary N) is 1. The summed E-state index contributed by atoms with van der Waals surface area (Å²) in [5.74, 6) is 0.596. The van der Waals surface area contributed by atoms with Gasteiger partial charge in [-0.1, -0.05) is 18.2 Å². The lowest BCUT2D eigenvalue weighted by molar-refractivity contribution is -0.153. The lowest BCUT2D eigenvalue weighted by Gasteiger charge is -2.14. The summed E-state index contributed by atoms with van der Waals surface area (Å²) in [6.07, 6.45) is -0.238. The molecule has 1 unspecified atom stereocenters. The molecule has 0 fully saturated rings. The summed E-state index contributed by atoms with van der Waals surface area (Å²) in [5, 5.41) is 2.70. The van der Waals surface area contributed by atoms with E-state index in [9.17, 15) is 9.59 Å². The molecule has 0 aliphatic rings. The maximum absolute atomic E-state index is 12.1. The second kappa shape index (κ2) is 9.46. The Morgan fingerprint density at radius 3 is 2.35 bits per heavy atom. The minimum atomic E-state index is -0.887. The van der Waals surface area contributed by atoms with Gasteiger partial charge in [-0.25, -0.2) is 0 Å². The first-order valence-electron chi connectivity index (χ1n) is 8.29. The fraction of sp³-hybridized carbons (Fsp3) is 0.300. The lowest BCUT2D eigenvalue weighted by atomic mass is 10.1. The summed E-state index contributed by atoms with van der Waals surface area (Å²) in [6, 6.07) is 14.4. The van der Waals surface area contributed by atoms with Gasteiger partial charge in [0.15, 0.2) is 6.10 Å². The first-order chi connectivity index (χ1) is 12.5. The van der Waals surface area contributed by atoms with Gasteiger partial charge in [-0.2, -0.15) is 0 Å². The average molecular weight is 357 g/mol. The van der Waals surface area contributed by atoms with Crippen molar-refractivity contribution in [3.8, 4) is 11.5 Å². The van der Waals surface area contributed by atoms with Crippen molar-refractivity contribution in [2.24, 2.45) is 0 Å². The molecular formula is C20H23NO5. The average Bonchev–Trinajstić information content (AvgIpc) is 2.67. The predicted octanol–water partition coefficient (Wildman–Crippen LogP) is 3.21. The first-order valence-corrected chi connectivity index (χ1v) is 8.29. The van der Waals surface area contributed by atoms with Gasteiger partial charge >= 0.3 is 5.97 Å². The molecule has 6 heteroatoms. The van der Waals surface area contributed by atoms with Crippen molar-refractivity contribution in [3.05, 3.63) is 54.1 Å². The fourth-order valence-electron chi connectivity index (χ4n) is 2.37. The molecule has 0 bridgehead atoms. The Bertz CT molecular complexity index is 742. The second-order valence-electron chi connectivity index (χ2n) is 5.66. The SMILES string of the molecule is COc1ccc(NC(=O)C(C)OC(=O)CCc2ccccc2OC)cc1. The lowest BCUT2D eigenvalue weighted by Crippen LogP contribution is -2.30. The van der Waals surface area contributed by atoms with Crippen LogP contribution in [0.3, 0.4) is 0 Å². The van der Waals surface area contributed by atoms with E-state index >= 15 is 0 Å². The number of carbonyl (C=O) groups is 2. The van der Waals surface area contributed by atoms with E-state index in [1.165, 1.54) is 0 Å². The molecule has 2 aromatic rings. The van der Waals surface area contributed by atoms with Crippen LogP contribution in [0.1, 0.15) is 18.9 Å². The molecule has 1 N–H and O–H groups in total. The van der Waals surface area contributed by atoms with Gasteiger partial charge < -0.3 is 19.5 Å². The molecule has 0 radical (unpaired) electrons. The minimum Gasteiger partial charge on any atom is -0.497 e. The van der Waals surface area contributed by atoms with Crippen LogP contribution in [-0.2, 0) is 20.7 Å². The van der Waals surface area contributed by atoms with Crippen molar-refractivity contribution in [1.29, 1.82) is 0 Å². The number of rotatable bonds is 8. The number of benzene rings is 2. The quantitative estimate of drug-likeness (QED) is 0.735. The molecule has 0 aromatic heterocycles. The van der Waals surface area contributed by atoms with Crippen LogP contribution in [0.2, 0.25) is 0 Å². The molecule has 2 rings (SSSR count). The second-order valence-corrected chi connectivity index (χ2v) is 5.66. The van der Waals surface area contributed by atoms with E-state index in [4.69, 9.17) is 14.2 Å². The van der Waals surface area contributed by atoms with Crippen molar-refractivity contribution < 1.29 is 23.8 Å². The smallest absolute Gasteiger partial charge is 0.306 e. The van der Waals surface area contributed by atoms with Crippen LogP contribution >= 0.6 is 0 Å². The van der Waals surface area contributed by atoms with Crippen LogP contribution in [0, 0.1) is 0 Å². The van der Waals surface area contributed by atoms with Crippen molar-refractivity contribution in [3.63, 3.8) is 0 Å². The van der Waals surface area contributed by atoms with Gasteiger partial charge in [0.1, 0.15) is 11.5 Å². The highest BCUT2D eigenvalue weighted by atomic mass is 16.5. The highest BCUT2D eigenvalue weighted by Gasteiger charge is 2.18. The van der Waals surface area contributed by atoms with Crippen molar-refractivity contribution in [2.75, 3.05) is 19.5 Å². The topological polar surface area (TPSA) is 73.9 Å². The molecule has 1 amide bonds. The Morgan fingerprint density at radius 1 is 1.00 bits per heavy atom. The zero-order valence-electron chi connectivity index (χ0n) is 15.2. The third-order valence-electron chi connectivity index (χ3n) is 3.83. The predicted molar refractivity (Wildman–Crippen MR) is 98.5 cm³/mol. The van der Waals surface area contributed by atoms with Crippen molar-refractivity contribution >= 4 is 17.6 Å². The highest BCUT2D eigenvalue weighted by Crippen LogP contribution is 2.19. The molecule has 0 aliphatic carbocycles.